The first-order valence-electron chi connectivity index (χ1n) is 6.41. The molecule has 0 heterocycles. The first-order valence-corrected chi connectivity index (χ1v) is 7.87. The average molecular weight is 408 g/mol. The van der Waals surface area contributed by atoms with Crippen molar-refractivity contribution in [3.05, 3.63) is 32.4 Å². The van der Waals surface area contributed by atoms with E-state index in [9.17, 15) is 14.7 Å². The van der Waals surface area contributed by atoms with Crippen molar-refractivity contribution in [2.45, 2.75) is 25.7 Å². The van der Waals surface area contributed by atoms with Crippen LogP contribution in [0.2, 0.25) is 5.02 Å². The third-order valence-electron chi connectivity index (χ3n) is 3.77. The summed E-state index contributed by atoms with van der Waals surface area (Å²) in [6.07, 6.45) is 3.04. The highest BCUT2D eigenvalue weighted by molar-refractivity contribution is 14.1. The van der Waals surface area contributed by atoms with Gasteiger partial charge in [-0.15, -0.1) is 0 Å². The number of hydrogen-bond acceptors (Lipinski definition) is 2. The second kappa shape index (κ2) is 6.30. The van der Waals surface area contributed by atoms with E-state index in [4.69, 9.17) is 11.6 Å². The predicted molar refractivity (Wildman–Crippen MR) is 85.0 cm³/mol. The van der Waals surface area contributed by atoms with Crippen LogP contribution >= 0.6 is 34.2 Å². The maximum absolute atomic E-state index is 12.2. The monoisotopic (exact) mass is 407 g/mol. The van der Waals surface area contributed by atoms with Crippen LogP contribution in [-0.2, 0) is 4.79 Å². The Morgan fingerprint density at radius 1 is 1.35 bits per heavy atom. The summed E-state index contributed by atoms with van der Waals surface area (Å²) in [7, 11) is 0. The van der Waals surface area contributed by atoms with Crippen LogP contribution in [0.25, 0.3) is 0 Å². The first-order chi connectivity index (χ1) is 9.44. The van der Waals surface area contributed by atoms with Crippen LogP contribution in [0.15, 0.2) is 18.2 Å². The molecule has 2 N–H and O–H groups in total. The predicted octanol–water partition coefficient (Wildman–Crippen LogP) is 3.32. The lowest BCUT2D eigenvalue weighted by molar-refractivity contribution is -0.148. The molecule has 4 nitrogen and oxygen atoms in total. The average Bonchev–Trinajstić information content (AvgIpc) is 2.89. The van der Waals surface area contributed by atoms with Crippen molar-refractivity contribution in [3.63, 3.8) is 0 Å². The molecule has 1 aromatic carbocycles. The van der Waals surface area contributed by atoms with Gasteiger partial charge in [0.1, 0.15) is 0 Å². The molecule has 0 atom stereocenters. The minimum atomic E-state index is -0.823. The van der Waals surface area contributed by atoms with Crippen LogP contribution < -0.4 is 5.32 Å². The fourth-order valence-corrected chi connectivity index (χ4v) is 3.29. The van der Waals surface area contributed by atoms with Crippen LogP contribution in [-0.4, -0.2) is 23.5 Å². The minimum absolute atomic E-state index is 0.170. The van der Waals surface area contributed by atoms with E-state index in [1.165, 1.54) is 0 Å². The van der Waals surface area contributed by atoms with Crippen LogP contribution in [0.4, 0.5) is 0 Å². The van der Waals surface area contributed by atoms with Crippen molar-refractivity contribution in [1.82, 2.24) is 5.32 Å². The number of carbonyl (C=O) groups is 2. The number of benzene rings is 1. The quantitative estimate of drug-likeness (QED) is 0.753. The molecule has 0 unspecified atom stereocenters. The molecule has 0 aliphatic heterocycles. The lowest BCUT2D eigenvalue weighted by Crippen LogP contribution is -2.41. The summed E-state index contributed by atoms with van der Waals surface area (Å²) in [5, 5.41) is 12.6. The van der Waals surface area contributed by atoms with Gasteiger partial charge in [-0.05, 0) is 53.6 Å². The third-order valence-corrected chi connectivity index (χ3v) is 4.95. The number of rotatable bonds is 4. The maximum atomic E-state index is 12.2. The molecule has 0 spiro atoms. The van der Waals surface area contributed by atoms with Crippen molar-refractivity contribution < 1.29 is 14.7 Å². The Balaban J connectivity index is 2.08. The molecule has 20 heavy (non-hydrogen) atoms. The van der Waals surface area contributed by atoms with Crippen molar-refractivity contribution in [1.29, 1.82) is 0 Å². The lowest BCUT2D eigenvalue weighted by Gasteiger charge is -2.24. The summed E-state index contributed by atoms with van der Waals surface area (Å²) in [6.45, 7) is 0.170. The number of carboxylic acid groups (broad SMARTS) is 1. The van der Waals surface area contributed by atoms with Gasteiger partial charge >= 0.3 is 5.97 Å². The van der Waals surface area contributed by atoms with Crippen molar-refractivity contribution in [2.24, 2.45) is 5.41 Å². The third kappa shape index (κ3) is 3.25. The van der Waals surface area contributed by atoms with Gasteiger partial charge in [-0.25, -0.2) is 0 Å². The second-order valence-electron chi connectivity index (χ2n) is 5.10. The van der Waals surface area contributed by atoms with Gasteiger partial charge in [-0.3, -0.25) is 9.59 Å². The standard InChI is InChI=1S/C14H15ClINO3/c15-9-3-4-11(16)10(7-9)12(18)17-8-14(13(19)20)5-1-2-6-14/h3-4,7H,1-2,5-6,8H2,(H,17,18)(H,19,20). The van der Waals surface area contributed by atoms with Gasteiger partial charge < -0.3 is 10.4 Å². The normalized spacial score (nSPS) is 16.9. The number of carboxylic acids is 1. The Bertz CT molecular complexity index is 541. The summed E-state index contributed by atoms with van der Waals surface area (Å²) in [5.41, 5.74) is -0.323. The molecule has 6 heteroatoms. The van der Waals surface area contributed by atoms with Gasteiger partial charge in [-0.2, -0.15) is 0 Å². The van der Waals surface area contributed by atoms with Gasteiger partial charge in [0.25, 0.3) is 5.91 Å². The van der Waals surface area contributed by atoms with Crippen molar-refractivity contribution >= 4 is 46.1 Å². The molecule has 1 aromatic rings. The van der Waals surface area contributed by atoms with Crippen molar-refractivity contribution in [3.8, 4) is 0 Å². The smallest absolute Gasteiger partial charge is 0.311 e. The second-order valence-corrected chi connectivity index (χ2v) is 6.70. The molecule has 0 saturated heterocycles. The number of nitrogens with one attached hydrogen (secondary N) is 1. The highest BCUT2D eigenvalue weighted by Gasteiger charge is 2.41. The zero-order valence-corrected chi connectivity index (χ0v) is 13.7. The number of hydrogen-bond donors (Lipinski definition) is 2. The zero-order chi connectivity index (χ0) is 14.8. The fraction of sp³-hybridized carbons (Fsp3) is 0.429. The van der Waals surface area contributed by atoms with Crippen molar-refractivity contribution in [2.75, 3.05) is 6.54 Å². The molecular weight excluding hydrogens is 393 g/mol. The highest BCUT2D eigenvalue weighted by atomic mass is 127. The van der Waals surface area contributed by atoms with Gasteiger partial charge in [0.15, 0.2) is 0 Å². The Morgan fingerprint density at radius 2 is 2.00 bits per heavy atom. The molecule has 0 aromatic heterocycles. The molecule has 108 valence electrons. The SMILES string of the molecule is O=C(NCC1(C(=O)O)CCCC1)c1cc(Cl)ccc1I. The first kappa shape index (κ1) is 15.6. The van der Waals surface area contributed by atoms with E-state index in [0.717, 1.165) is 16.4 Å². The van der Waals surface area contributed by atoms with Crippen LogP contribution in [0.1, 0.15) is 36.0 Å². The number of aliphatic carboxylic acids is 1. The summed E-state index contributed by atoms with van der Waals surface area (Å²) in [4.78, 5) is 23.6. The molecule has 1 aliphatic rings. The van der Waals surface area contributed by atoms with E-state index in [-0.39, 0.29) is 12.5 Å². The van der Waals surface area contributed by atoms with Gasteiger partial charge in [0, 0.05) is 15.1 Å². The largest absolute Gasteiger partial charge is 0.481 e. The van der Waals surface area contributed by atoms with E-state index in [2.05, 4.69) is 27.9 Å². The topological polar surface area (TPSA) is 66.4 Å². The maximum Gasteiger partial charge on any atom is 0.311 e. The Hall–Kier alpha value is -0.820. The van der Waals surface area contributed by atoms with Gasteiger partial charge in [0.05, 0.1) is 11.0 Å². The summed E-state index contributed by atoms with van der Waals surface area (Å²) >= 11 is 7.95. The molecule has 1 aliphatic carbocycles. The van der Waals surface area contributed by atoms with Gasteiger partial charge in [-0.1, -0.05) is 24.4 Å². The summed E-state index contributed by atoms with van der Waals surface area (Å²) in [5.74, 6) is -1.10. The van der Waals surface area contributed by atoms with E-state index < -0.39 is 11.4 Å². The highest BCUT2D eigenvalue weighted by Crippen LogP contribution is 2.37. The van der Waals surface area contributed by atoms with Gasteiger partial charge in [0.2, 0.25) is 0 Å². The molecule has 0 radical (unpaired) electrons. The Kier molecular flexibility index (Phi) is 4.90. The van der Waals surface area contributed by atoms with E-state index in [1.807, 2.05) is 0 Å². The lowest BCUT2D eigenvalue weighted by atomic mass is 9.86. The summed E-state index contributed by atoms with van der Waals surface area (Å²) in [6, 6.07) is 5.08. The number of carbonyl (C=O) groups excluding carboxylic acids is 1. The Labute approximate surface area is 136 Å². The molecule has 1 saturated carbocycles. The molecular formula is C14H15ClINO3. The molecule has 0 bridgehead atoms. The van der Waals surface area contributed by atoms with E-state index >= 15 is 0 Å². The fourth-order valence-electron chi connectivity index (χ4n) is 2.53. The minimum Gasteiger partial charge on any atom is -0.481 e. The van der Waals surface area contributed by atoms with Crippen LogP contribution in [0, 0.1) is 8.99 Å². The van der Waals surface area contributed by atoms with Crippen LogP contribution in [0.5, 0.6) is 0 Å². The zero-order valence-electron chi connectivity index (χ0n) is 10.8. The molecule has 1 fully saturated rings. The Morgan fingerprint density at radius 3 is 2.60 bits per heavy atom. The molecule has 2 rings (SSSR count). The number of amides is 1. The molecule has 1 amide bonds. The van der Waals surface area contributed by atoms with E-state index in [1.54, 1.807) is 18.2 Å². The van der Waals surface area contributed by atoms with E-state index in [0.29, 0.717) is 23.4 Å². The number of halogens is 2. The van der Waals surface area contributed by atoms with Crippen LogP contribution in [0.3, 0.4) is 0 Å². The summed E-state index contributed by atoms with van der Waals surface area (Å²) < 4.78 is 0.792.